The number of para-hydroxylation sites is 2. The standard InChI is InChI=1S/C17H22N2/c1-13-9-10-15(11-14(13)2)12-18-16-7-5-6-8-17(16)19(3)4/h5-11,18H,12H2,1-4H3. The van der Waals surface area contributed by atoms with Crippen molar-refractivity contribution in [2.45, 2.75) is 20.4 Å². The normalized spacial score (nSPS) is 10.3. The fraction of sp³-hybridized carbons (Fsp3) is 0.294. The first-order chi connectivity index (χ1) is 9.08. The molecule has 2 aromatic rings. The molecule has 0 unspecified atom stereocenters. The highest BCUT2D eigenvalue weighted by Crippen LogP contribution is 2.24. The van der Waals surface area contributed by atoms with E-state index in [0.717, 1.165) is 6.54 Å². The van der Waals surface area contributed by atoms with Crippen LogP contribution in [0.4, 0.5) is 11.4 Å². The fourth-order valence-electron chi connectivity index (χ4n) is 2.12. The maximum Gasteiger partial charge on any atom is 0.0596 e. The highest BCUT2D eigenvalue weighted by atomic mass is 15.1. The summed E-state index contributed by atoms with van der Waals surface area (Å²) in [7, 11) is 4.13. The lowest BCUT2D eigenvalue weighted by Gasteiger charge is -2.18. The fourth-order valence-corrected chi connectivity index (χ4v) is 2.12. The molecule has 0 radical (unpaired) electrons. The average molecular weight is 254 g/mol. The molecule has 0 spiro atoms. The minimum atomic E-state index is 0.853. The van der Waals surface area contributed by atoms with Crippen LogP contribution in [0.3, 0.4) is 0 Å². The molecule has 0 amide bonds. The Kier molecular flexibility index (Phi) is 4.10. The number of hydrogen-bond donors (Lipinski definition) is 1. The molecule has 2 rings (SSSR count). The van der Waals surface area contributed by atoms with E-state index in [4.69, 9.17) is 0 Å². The lowest BCUT2D eigenvalue weighted by molar-refractivity contribution is 1.09. The molecule has 0 heterocycles. The monoisotopic (exact) mass is 254 g/mol. The third-order valence-electron chi connectivity index (χ3n) is 3.44. The first-order valence-corrected chi connectivity index (χ1v) is 6.64. The Labute approximate surface area is 116 Å². The van der Waals surface area contributed by atoms with E-state index in [2.05, 4.69) is 80.6 Å². The molecule has 0 fully saturated rings. The summed E-state index contributed by atoms with van der Waals surface area (Å²) < 4.78 is 0. The zero-order valence-electron chi connectivity index (χ0n) is 12.2. The van der Waals surface area contributed by atoms with Gasteiger partial charge in [0.1, 0.15) is 0 Å². The largest absolute Gasteiger partial charge is 0.379 e. The van der Waals surface area contributed by atoms with Crippen molar-refractivity contribution in [3.63, 3.8) is 0 Å². The van der Waals surface area contributed by atoms with Gasteiger partial charge in [-0.05, 0) is 42.7 Å². The van der Waals surface area contributed by atoms with Crippen LogP contribution in [0.25, 0.3) is 0 Å². The Morgan fingerprint density at radius 3 is 2.37 bits per heavy atom. The summed E-state index contributed by atoms with van der Waals surface area (Å²) in [5.74, 6) is 0. The molecule has 1 N–H and O–H groups in total. The quantitative estimate of drug-likeness (QED) is 0.887. The lowest BCUT2D eigenvalue weighted by atomic mass is 10.1. The molecule has 0 aromatic heterocycles. The molecule has 2 heteroatoms. The number of nitrogens with one attached hydrogen (secondary N) is 1. The summed E-state index contributed by atoms with van der Waals surface area (Å²) in [5.41, 5.74) is 6.39. The molecule has 2 nitrogen and oxygen atoms in total. The molecule has 0 aliphatic rings. The van der Waals surface area contributed by atoms with Crippen molar-refractivity contribution in [1.29, 1.82) is 0 Å². The second kappa shape index (κ2) is 5.79. The van der Waals surface area contributed by atoms with Gasteiger partial charge in [0.05, 0.1) is 11.4 Å². The minimum Gasteiger partial charge on any atom is -0.379 e. The van der Waals surface area contributed by atoms with Crippen molar-refractivity contribution < 1.29 is 0 Å². The van der Waals surface area contributed by atoms with Crippen LogP contribution >= 0.6 is 0 Å². The van der Waals surface area contributed by atoms with Crippen molar-refractivity contribution >= 4 is 11.4 Å². The summed E-state index contributed by atoms with van der Waals surface area (Å²) >= 11 is 0. The molecular weight excluding hydrogens is 232 g/mol. The van der Waals surface area contributed by atoms with Gasteiger partial charge in [-0.15, -0.1) is 0 Å². The predicted molar refractivity (Wildman–Crippen MR) is 84.0 cm³/mol. The van der Waals surface area contributed by atoms with Gasteiger partial charge in [-0.25, -0.2) is 0 Å². The van der Waals surface area contributed by atoms with Crippen molar-refractivity contribution in [1.82, 2.24) is 0 Å². The number of nitrogens with zero attached hydrogens (tertiary/aromatic N) is 1. The zero-order valence-corrected chi connectivity index (χ0v) is 12.2. The van der Waals surface area contributed by atoms with Crippen LogP contribution in [0.2, 0.25) is 0 Å². The maximum absolute atomic E-state index is 3.52. The van der Waals surface area contributed by atoms with Gasteiger partial charge >= 0.3 is 0 Å². The first kappa shape index (κ1) is 13.5. The van der Waals surface area contributed by atoms with Crippen LogP contribution < -0.4 is 10.2 Å². The van der Waals surface area contributed by atoms with Gasteiger partial charge in [-0.2, -0.15) is 0 Å². The molecule has 0 saturated carbocycles. The number of benzene rings is 2. The van der Waals surface area contributed by atoms with Gasteiger partial charge in [0, 0.05) is 20.6 Å². The third kappa shape index (κ3) is 3.28. The number of hydrogen-bond acceptors (Lipinski definition) is 2. The number of rotatable bonds is 4. The van der Waals surface area contributed by atoms with Gasteiger partial charge in [0.25, 0.3) is 0 Å². The third-order valence-corrected chi connectivity index (χ3v) is 3.44. The van der Waals surface area contributed by atoms with Crippen LogP contribution in [0, 0.1) is 13.8 Å². The zero-order chi connectivity index (χ0) is 13.8. The lowest BCUT2D eigenvalue weighted by Crippen LogP contribution is -2.12. The SMILES string of the molecule is Cc1ccc(CNc2ccccc2N(C)C)cc1C. The van der Waals surface area contributed by atoms with Crippen molar-refractivity contribution in [3.05, 3.63) is 59.2 Å². The van der Waals surface area contributed by atoms with Gasteiger partial charge in [0.15, 0.2) is 0 Å². The van der Waals surface area contributed by atoms with Crippen LogP contribution in [-0.2, 0) is 6.54 Å². The molecule has 0 aliphatic heterocycles. The summed E-state index contributed by atoms with van der Waals surface area (Å²) in [6, 6.07) is 15.0. The second-order valence-corrected chi connectivity index (χ2v) is 5.18. The van der Waals surface area contributed by atoms with E-state index in [1.807, 2.05) is 0 Å². The Morgan fingerprint density at radius 2 is 1.68 bits per heavy atom. The highest BCUT2D eigenvalue weighted by molar-refractivity contribution is 5.69. The Morgan fingerprint density at radius 1 is 0.947 bits per heavy atom. The smallest absolute Gasteiger partial charge is 0.0596 e. The molecule has 19 heavy (non-hydrogen) atoms. The van der Waals surface area contributed by atoms with E-state index in [0.29, 0.717) is 0 Å². The van der Waals surface area contributed by atoms with E-state index >= 15 is 0 Å². The molecule has 0 saturated heterocycles. The van der Waals surface area contributed by atoms with Gasteiger partial charge in [-0.3, -0.25) is 0 Å². The summed E-state index contributed by atoms with van der Waals surface area (Å²) in [4.78, 5) is 2.13. The van der Waals surface area contributed by atoms with E-state index < -0.39 is 0 Å². The summed E-state index contributed by atoms with van der Waals surface area (Å²) in [6.45, 7) is 5.16. The summed E-state index contributed by atoms with van der Waals surface area (Å²) in [6.07, 6.45) is 0. The topological polar surface area (TPSA) is 15.3 Å². The summed E-state index contributed by atoms with van der Waals surface area (Å²) in [5, 5.41) is 3.52. The average Bonchev–Trinajstić information content (AvgIpc) is 2.40. The van der Waals surface area contributed by atoms with Crippen molar-refractivity contribution in [2.24, 2.45) is 0 Å². The van der Waals surface area contributed by atoms with Gasteiger partial charge in [0.2, 0.25) is 0 Å². The van der Waals surface area contributed by atoms with E-state index in [-0.39, 0.29) is 0 Å². The Balaban J connectivity index is 2.12. The van der Waals surface area contributed by atoms with E-state index in [1.165, 1.54) is 28.1 Å². The molecule has 2 aromatic carbocycles. The predicted octanol–water partition coefficient (Wildman–Crippen LogP) is 3.98. The van der Waals surface area contributed by atoms with E-state index in [9.17, 15) is 0 Å². The second-order valence-electron chi connectivity index (χ2n) is 5.18. The molecular formula is C17H22N2. The Hall–Kier alpha value is -1.96. The number of aryl methyl sites for hydroxylation is 2. The molecule has 0 bridgehead atoms. The van der Waals surface area contributed by atoms with Gasteiger partial charge in [-0.1, -0.05) is 30.3 Å². The van der Waals surface area contributed by atoms with Crippen molar-refractivity contribution in [3.8, 4) is 0 Å². The number of anilines is 2. The highest BCUT2D eigenvalue weighted by Gasteiger charge is 2.03. The molecule has 100 valence electrons. The minimum absolute atomic E-state index is 0.853. The molecule has 0 atom stereocenters. The van der Waals surface area contributed by atoms with Crippen LogP contribution in [0.15, 0.2) is 42.5 Å². The van der Waals surface area contributed by atoms with Crippen LogP contribution in [-0.4, -0.2) is 14.1 Å². The van der Waals surface area contributed by atoms with Crippen LogP contribution in [0.1, 0.15) is 16.7 Å². The van der Waals surface area contributed by atoms with Gasteiger partial charge < -0.3 is 10.2 Å². The van der Waals surface area contributed by atoms with E-state index in [1.54, 1.807) is 0 Å². The Bertz CT molecular complexity index is 559. The first-order valence-electron chi connectivity index (χ1n) is 6.64. The van der Waals surface area contributed by atoms with Crippen LogP contribution in [0.5, 0.6) is 0 Å². The molecule has 0 aliphatic carbocycles. The van der Waals surface area contributed by atoms with Crippen molar-refractivity contribution in [2.75, 3.05) is 24.3 Å². The maximum atomic E-state index is 3.52.